The van der Waals surface area contributed by atoms with E-state index in [2.05, 4.69) is 65.6 Å². The van der Waals surface area contributed by atoms with Crippen molar-refractivity contribution < 1.29 is 0 Å². The number of aromatic nitrogens is 1. The summed E-state index contributed by atoms with van der Waals surface area (Å²) in [4.78, 5) is 10.0. The molecule has 0 fully saturated rings. The SMILES string of the molecule is CCc1cnc(CNC(=NC)NCC(C)(C)c2ccccc2)s1. The molecule has 2 aromatic rings. The zero-order valence-corrected chi connectivity index (χ0v) is 15.2. The molecule has 4 nitrogen and oxygen atoms in total. The molecule has 0 aliphatic heterocycles. The molecular formula is C18H26N4S. The molecule has 0 bridgehead atoms. The average molecular weight is 331 g/mol. The lowest BCUT2D eigenvalue weighted by molar-refractivity contribution is 0.508. The molecule has 1 aromatic carbocycles. The van der Waals surface area contributed by atoms with Gasteiger partial charge in [0.1, 0.15) is 5.01 Å². The smallest absolute Gasteiger partial charge is 0.191 e. The van der Waals surface area contributed by atoms with Crippen molar-refractivity contribution >= 4 is 17.3 Å². The molecule has 0 saturated heterocycles. The third-order valence-corrected chi connectivity index (χ3v) is 4.98. The molecular weight excluding hydrogens is 304 g/mol. The lowest BCUT2D eigenvalue weighted by atomic mass is 9.85. The molecule has 5 heteroatoms. The number of thiazole rings is 1. The summed E-state index contributed by atoms with van der Waals surface area (Å²) >= 11 is 1.75. The van der Waals surface area contributed by atoms with E-state index in [1.54, 1.807) is 18.4 Å². The fourth-order valence-corrected chi connectivity index (χ4v) is 3.07. The highest BCUT2D eigenvalue weighted by molar-refractivity contribution is 7.11. The number of guanidine groups is 1. The van der Waals surface area contributed by atoms with E-state index >= 15 is 0 Å². The maximum absolute atomic E-state index is 4.42. The first-order valence-electron chi connectivity index (χ1n) is 7.99. The Morgan fingerprint density at radius 3 is 2.57 bits per heavy atom. The molecule has 0 amide bonds. The zero-order valence-electron chi connectivity index (χ0n) is 14.4. The number of hydrogen-bond acceptors (Lipinski definition) is 3. The second kappa shape index (κ2) is 8.11. The predicted molar refractivity (Wildman–Crippen MR) is 99.2 cm³/mol. The Balaban J connectivity index is 1.87. The van der Waals surface area contributed by atoms with Crippen LogP contribution in [0.5, 0.6) is 0 Å². The third kappa shape index (κ3) is 5.06. The van der Waals surface area contributed by atoms with Crippen LogP contribution in [0.1, 0.15) is 36.2 Å². The first kappa shape index (κ1) is 17.5. The van der Waals surface area contributed by atoms with Crippen LogP contribution in [0.25, 0.3) is 0 Å². The number of nitrogens with zero attached hydrogens (tertiary/aromatic N) is 2. The zero-order chi connectivity index (χ0) is 16.7. The third-order valence-electron chi connectivity index (χ3n) is 3.83. The van der Waals surface area contributed by atoms with Gasteiger partial charge in [0.05, 0.1) is 6.54 Å². The highest BCUT2D eigenvalue weighted by atomic mass is 32.1. The molecule has 124 valence electrons. The highest BCUT2D eigenvalue weighted by Crippen LogP contribution is 2.21. The molecule has 1 heterocycles. The van der Waals surface area contributed by atoms with Gasteiger partial charge in [-0.2, -0.15) is 0 Å². The van der Waals surface area contributed by atoms with Crippen LogP contribution in [-0.2, 0) is 18.4 Å². The van der Waals surface area contributed by atoms with Crippen LogP contribution in [-0.4, -0.2) is 24.5 Å². The molecule has 0 unspecified atom stereocenters. The first-order valence-corrected chi connectivity index (χ1v) is 8.80. The minimum atomic E-state index is 0.0371. The second-order valence-electron chi connectivity index (χ2n) is 6.10. The van der Waals surface area contributed by atoms with Gasteiger partial charge in [0.15, 0.2) is 5.96 Å². The van der Waals surface area contributed by atoms with E-state index in [4.69, 9.17) is 0 Å². The van der Waals surface area contributed by atoms with Crippen LogP contribution in [0.3, 0.4) is 0 Å². The van der Waals surface area contributed by atoms with Crippen molar-refractivity contribution in [2.45, 2.75) is 39.2 Å². The first-order chi connectivity index (χ1) is 11.0. The molecule has 0 spiro atoms. The summed E-state index contributed by atoms with van der Waals surface area (Å²) in [5, 5.41) is 7.84. The van der Waals surface area contributed by atoms with Crippen LogP contribution >= 0.6 is 11.3 Å². The van der Waals surface area contributed by atoms with Gasteiger partial charge in [0.25, 0.3) is 0 Å². The van der Waals surface area contributed by atoms with Crippen molar-refractivity contribution in [3.8, 4) is 0 Å². The topological polar surface area (TPSA) is 49.3 Å². The minimum absolute atomic E-state index is 0.0371. The summed E-state index contributed by atoms with van der Waals surface area (Å²) < 4.78 is 0. The van der Waals surface area contributed by atoms with Crippen LogP contribution in [0.4, 0.5) is 0 Å². The van der Waals surface area contributed by atoms with Crippen molar-refractivity contribution in [2.75, 3.05) is 13.6 Å². The summed E-state index contributed by atoms with van der Waals surface area (Å²) in [5.74, 6) is 0.808. The summed E-state index contributed by atoms with van der Waals surface area (Å²) in [5.41, 5.74) is 1.35. The highest BCUT2D eigenvalue weighted by Gasteiger charge is 2.20. The lowest BCUT2D eigenvalue weighted by Crippen LogP contribution is -2.43. The summed E-state index contributed by atoms with van der Waals surface area (Å²) in [6.07, 6.45) is 2.99. The molecule has 2 rings (SSSR count). The van der Waals surface area contributed by atoms with Crippen molar-refractivity contribution in [1.82, 2.24) is 15.6 Å². The number of rotatable bonds is 6. The van der Waals surface area contributed by atoms with Crippen LogP contribution in [0.2, 0.25) is 0 Å². The van der Waals surface area contributed by atoms with E-state index in [0.29, 0.717) is 6.54 Å². The van der Waals surface area contributed by atoms with E-state index < -0.39 is 0 Å². The maximum Gasteiger partial charge on any atom is 0.191 e. The molecule has 2 N–H and O–H groups in total. The Morgan fingerprint density at radius 2 is 1.96 bits per heavy atom. The number of aryl methyl sites for hydroxylation is 1. The Kier molecular flexibility index (Phi) is 6.16. The van der Waals surface area contributed by atoms with Gasteiger partial charge in [-0.15, -0.1) is 11.3 Å². The van der Waals surface area contributed by atoms with Crippen molar-refractivity contribution in [2.24, 2.45) is 4.99 Å². The monoisotopic (exact) mass is 330 g/mol. The minimum Gasteiger partial charge on any atom is -0.356 e. The van der Waals surface area contributed by atoms with E-state index in [1.165, 1.54) is 10.4 Å². The normalized spacial score (nSPS) is 12.3. The van der Waals surface area contributed by atoms with Gasteiger partial charge in [-0.25, -0.2) is 4.98 Å². The summed E-state index contributed by atoms with van der Waals surface area (Å²) in [7, 11) is 1.80. The van der Waals surface area contributed by atoms with E-state index in [9.17, 15) is 0 Å². The number of benzene rings is 1. The molecule has 0 atom stereocenters. The molecule has 0 saturated carbocycles. The van der Waals surface area contributed by atoms with Gasteiger partial charge in [-0.1, -0.05) is 51.1 Å². The molecule has 1 aromatic heterocycles. The van der Waals surface area contributed by atoms with Gasteiger partial charge in [-0.3, -0.25) is 4.99 Å². The largest absolute Gasteiger partial charge is 0.356 e. The van der Waals surface area contributed by atoms with Crippen LogP contribution < -0.4 is 10.6 Å². The van der Waals surface area contributed by atoms with Gasteiger partial charge >= 0.3 is 0 Å². The summed E-state index contributed by atoms with van der Waals surface area (Å²) in [6, 6.07) is 10.5. The molecule has 0 aliphatic carbocycles. The van der Waals surface area contributed by atoms with E-state index in [0.717, 1.165) is 23.9 Å². The Hall–Kier alpha value is -1.88. The maximum atomic E-state index is 4.42. The van der Waals surface area contributed by atoms with E-state index in [-0.39, 0.29) is 5.41 Å². The van der Waals surface area contributed by atoms with Gasteiger partial charge in [-0.05, 0) is 12.0 Å². The molecule has 23 heavy (non-hydrogen) atoms. The Labute approximate surface area is 143 Å². The van der Waals surface area contributed by atoms with Crippen molar-refractivity contribution in [3.05, 3.63) is 52.0 Å². The van der Waals surface area contributed by atoms with Gasteiger partial charge in [0, 0.05) is 30.1 Å². The standard InChI is InChI=1S/C18H26N4S/c1-5-15-11-20-16(23-15)12-21-17(19-4)22-13-18(2,3)14-9-7-6-8-10-14/h6-11H,5,12-13H2,1-4H3,(H2,19,21,22). The van der Waals surface area contributed by atoms with E-state index in [1.807, 2.05) is 12.3 Å². The number of hydrogen-bond donors (Lipinski definition) is 2. The average Bonchev–Trinajstić information content (AvgIpc) is 3.04. The fourth-order valence-electron chi connectivity index (χ4n) is 2.27. The number of nitrogens with one attached hydrogen (secondary N) is 2. The molecule has 0 radical (unpaired) electrons. The Morgan fingerprint density at radius 1 is 1.22 bits per heavy atom. The van der Waals surface area contributed by atoms with Gasteiger partial charge in [0.2, 0.25) is 0 Å². The van der Waals surface area contributed by atoms with Crippen molar-refractivity contribution in [1.29, 1.82) is 0 Å². The quantitative estimate of drug-likeness (QED) is 0.631. The lowest BCUT2D eigenvalue weighted by Gasteiger charge is -2.26. The Bertz CT molecular complexity index is 631. The fraction of sp³-hybridized carbons (Fsp3) is 0.444. The summed E-state index contributed by atoms with van der Waals surface area (Å²) in [6.45, 7) is 8.13. The number of aliphatic imine (C=N–C) groups is 1. The molecule has 0 aliphatic rings. The van der Waals surface area contributed by atoms with Crippen LogP contribution in [0, 0.1) is 0 Å². The van der Waals surface area contributed by atoms with Gasteiger partial charge < -0.3 is 10.6 Å². The van der Waals surface area contributed by atoms with Crippen molar-refractivity contribution in [3.63, 3.8) is 0 Å². The predicted octanol–water partition coefficient (Wildman–Crippen LogP) is 3.35. The van der Waals surface area contributed by atoms with Crippen LogP contribution in [0.15, 0.2) is 41.5 Å². The second-order valence-corrected chi connectivity index (χ2v) is 7.30.